The average Bonchev–Trinajstić information content (AvgIpc) is 3.47. The number of aromatic nitrogens is 1. The lowest BCUT2D eigenvalue weighted by Crippen LogP contribution is -2.46. The fraction of sp³-hybridized carbons (Fsp3) is 0.778. The van der Waals surface area contributed by atoms with E-state index in [-0.39, 0.29) is 42.2 Å². The number of nitrogens with zero attached hydrogens (tertiary/aromatic N) is 1. The molecule has 1 aromatic heterocycles. The quantitative estimate of drug-likeness (QED) is 0.149. The van der Waals surface area contributed by atoms with Crippen molar-refractivity contribution in [2.45, 2.75) is 129 Å². The van der Waals surface area contributed by atoms with Crippen LogP contribution in [-0.4, -0.2) is 96.3 Å². The number of carbonyl (C=O) groups excluding carboxylic acids is 3. The van der Waals surface area contributed by atoms with Gasteiger partial charge in [0.05, 0.1) is 66.3 Å². The van der Waals surface area contributed by atoms with Crippen molar-refractivity contribution in [2.75, 3.05) is 33.5 Å². The molecular weight excluding hydrogens is 636 g/mol. The fourth-order valence-electron chi connectivity index (χ4n) is 6.38. The van der Waals surface area contributed by atoms with Gasteiger partial charge in [-0.15, -0.1) is 11.3 Å². The number of thiazole rings is 1. The minimum absolute atomic E-state index is 0.0941. The smallest absolute Gasteiger partial charge is 0.309 e. The molecule has 7 atom stereocenters. The summed E-state index contributed by atoms with van der Waals surface area (Å²) in [5.41, 5.74) is -0.0365. The van der Waals surface area contributed by atoms with Gasteiger partial charge in [0.2, 0.25) is 5.91 Å². The number of hydrogen-bond donors (Lipinski definition) is 3. The Morgan fingerprint density at radius 2 is 1.94 bits per heavy atom. The maximum absolute atomic E-state index is 14.1. The summed E-state index contributed by atoms with van der Waals surface area (Å²) in [4.78, 5) is 44.0. The van der Waals surface area contributed by atoms with Gasteiger partial charge in [-0.3, -0.25) is 14.4 Å². The van der Waals surface area contributed by atoms with E-state index < -0.39 is 35.6 Å². The third kappa shape index (κ3) is 12.0. The molecule has 3 N–H and O–H groups in total. The summed E-state index contributed by atoms with van der Waals surface area (Å²) in [6, 6.07) is 0. The van der Waals surface area contributed by atoms with Crippen molar-refractivity contribution < 1.29 is 43.5 Å². The van der Waals surface area contributed by atoms with Gasteiger partial charge in [0.25, 0.3) is 0 Å². The fourth-order valence-corrected chi connectivity index (χ4v) is 6.95. The van der Waals surface area contributed by atoms with Crippen LogP contribution in [-0.2, 0) is 33.3 Å². The summed E-state index contributed by atoms with van der Waals surface area (Å²) in [6.07, 6.45) is 3.31. The van der Waals surface area contributed by atoms with E-state index in [9.17, 15) is 24.6 Å². The lowest BCUT2D eigenvalue weighted by molar-refractivity contribution is -0.155. The Kier molecular flexibility index (Phi) is 15.7. The van der Waals surface area contributed by atoms with Gasteiger partial charge < -0.3 is 34.5 Å². The van der Waals surface area contributed by atoms with Crippen molar-refractivity contribution in [3.63, 3.8) is 0 Å². The second-order valence-corrected chi connectivity index (χ2v) is 15.3. The summed E-state index contributed by atoms with van der Waals surface area (Å²) in [6.45, 7) is 12.8. The number of ketones is 1. The molecule has 11 nitrogen and oxygen atoms in total. The number of nitrogens with one attached hydrogen (secondary N) is 1. The molecule has 0 aromatic carbocycles. The molecule has 2 saturated heterocycles. The van der Waals surface area contributed by atoms with Crippen LogP contribution in [0.15, 0.2) is 11.0 Å². The molecule has 2 aliphatic rings. The van der Waals surface area contributed by atoms with Crippen LogP contribution in [0.5, 0.6) is 0 Å². The molecule has 2 fully saturated rings. The normalized spacial score (nSPS) is 30.4. The Balaban J connectivity index is 1.69. The van der Waals surface area contributed by atoms with Crippen LogP contribution in [0.4, 0.5) is 0 Å². The van der Waals surface area contributed by atoms with Crippen molar-refractivity contribution in [1.29, 1.82) is 0 Å². The second-order valence-electron chi connectivity index (χ2n) is 14.3. The van der Waals surface area contributed by atoms with E-state index in [0.717, 1.165) is 29.1 Å². The minimum atomic E-state index is -1.31. The standard InChI is InChI=1S/C36H58N2O9S/c1-23-11-10-14-36(6)30(47-36)20-28(24(2)19-26-22-48-25(3)38-26)46-32(41)21-29(39)35(4,5)34(43)27(33(23)42)12-8-9-15-37-31(40)13-16-45-18-17-44-7/h19,22-23,27-30,33,39,42H,8-18,20-21H2,1-7H3,(H,37,40)/b24-19+/t23-,27+,28-,29-,30-,33-,36+/m0/s1. The van der Waals surface area contributed by atoms with Crippen LogP contribution >= 0.6 is 11.3 Å². The van der Waals surface area contributed by atoms with Crippen LogP contribution in [0.25, 0.3) is 6.08 Å². The number of aliphatic hydroxyl groups excluding tert-OH is 2. The summed E-state index contributed by atoms with van der Waals surface area (Å²) in [7, 11) is 1.59. The SMILES string of the molecule is COCCOCCC(=O)NCCCC[C@H]1C(=O)C(C)(C)[C@@H](O)CC(=O)O[C@H](/C(C)=C/c2csc(C)n2)C[C@@H]2O[C@]2(C)CCC[C@H](C)[C@@H]1O. The van der Waals surface area contributed by atoms with Crippen molar-refractivity contribution in [2.24, 2.45) is 17.3 Å². The number of rotatable bonds is 13. The Bertz CT molecular complexity index is 1230. The maximum atomic E-state index is 14.1. The molecule has 0 unspecified atom stereocenters. The molecule has 0 aliphatic carbocycles. The molecule has 0 spiro atoms. The zero-order valence-electron chi connectivity index (χ0n) is 29.9. The molecule has 272 valence electrons. The first-order valence-corrected chi connectivity index (χ1v) is 18.3. The van der Waals surface area contributed by atoms with Gasteiger partial charge in [-0.1, -0.05) is 33.6 Å². The molecule has 0 saturated carbocycles. The van der Waals surface area contributed by atoms with Crippen LogP contribution < -0.4 is 5.32 Å². The van der Waals surface area contributed by atoms with Crippen molar-refractivity contribution >= 4 is 35.1 Å². The number of epoxide rings is 1. The number of hydrogen-bond acceptors (Lipinski definition) is 11. The number of Topliss-reactive ketones (excluding diaryl/α,β-unsaturated/α-hetero) is 1. The van der Waals surface area contributed by atoms with E-state index in [1.807, 2.05) is 32.2 Å². The second kappa shape index (κ2) is 18.7. The number of esters is 1. The van der Waals surface area contributed by atoms with E-state index in [1.54, 1.807) is 32.3 Å². The number of ether oxygens (including phenoxy) is 4. The summed E-state index contributed by atoms with van der Waals surface area (Å²) in [5, 5.41) is 28.6. The Morgan fingerprint density at radius 3 is 2.62 bits per heavy atom. The van der Waals surface area contributed by atoms with Crippen LogP contribution in [0.1, 0.15) is 103 Å². The molecule has 0 bridgehead atoms. The number of amides is 1. The molecule has 2 aliphatic heterocycles. The highest BCUT2D eigenvalue weighted by Gasteiger charge is 2.53. The van der Waals surface area contributed by atoms with E-state index in [2.05, 4.69) is 17.2 Å². The maximum Gasteiger partial charge on any atom is 0.309 e. The van der Waals surface area contributed by atoms with Gasteiger partial charge in [0, 0.05) is 37.8 Å². The number of aryl methyl sites for hydroxylation is 1. The van der Waals surface area contributed by atoms with Crippen molar-refractivity contribution in [1.82, 2.24) is 10.3 Å². The Labute approximate surface area is 290 Å². The van der Waals surface area contributed by atoms with E-state index in [1.165, 1.54) is 0 Å². The van der Waals surface area contributed by atoms with Gasteiger partial charge in [0.1, 0.15) is 11.9 Å². The summed E-state index contributed by atoms with van der Waals surface area (Å²) < 4.78 is 22.4. The number of aliphatic hydroxyl groups is 2. The number of fused-ring (bicyclic) bond motifs is 1. The number of methoxy groups -OCH3 is 1. The van der Waals surface area contributed by atoms with Crippen LogP contribution in [0.3, 0.4) is 0 Å². The van der Waals surface area contributed by atoms with E-state index in [0.29, 0.717) is 58.5 Å². The average molecular weight is 695 g/mol. The first kappa shape index (κ1) is 40.2. The Hall–Kier alpha value is -2.22. The number of cyclic esters (lactones) is 1. The highest BCUT2D eigenvalue weighted by Crippen LogP contribution is 2.45. The van der Waals surface area contributed by atoms with Gasteiger partial charge in [-0.2, -0.15) is 0 Å². The highest BCUT2D eigenvalue weighted by atomic mass is 32.1. The lowest BCUT2D eigenvalue weighted by atomic mass is 9.71. The molecule has 3 rings (SSSR count). The van der Waals surface area contributed by atoms with Crippen LogP contribution in [0.2, 0.25) is 0 Å². The topological polar surface area (TPSA) is 157 Å². The predicted molar refractivity (Wildman–Crippen MR) is 184 cm³/mol. The first-order chi connectivity index (χ1) is 22.7. The van der Waals surface area contributed by atoms with Crippen LogP contribution in [0, 0.1) is 24.2 Å². The van der Waals surface area contributed by atoms with Crippen molar-refractivity contribution in [3.8, 4) is 0 Å². The molecule has 12 heteroatoms. The molecule has 3 heterocycles. The van der Waals surface area contributed by atoms with Gasteiger partial charge >= 0.3 is 5.97 Å². The largest absolute Gasteiger partial charge is 0.458 e. The monoisotopic (exact) mass is 694 g/mol. The zero-order valence-corrected chi connectivity index (χ0v) is 30.7. The summed E-state index contributed by atoms with van der Waals surface area (Å²) in [5.74, 6) is -1.90. The van der Waals surface area contributed by atoms with E-state index in [4.69, 9.17) is 18.9 Å². The Morgan fingerprint density at radius 1 is 1.19 bits per heavy atom. The van der Waals surface area contributed by atoms with Gasteiger partial charge in [0.15, 0.2) is 0 Å². The predicted octanol–water partition coefficient (Wildman–Crippen LogP) is 4.80. The molecule has 0 radical (unpaired) electrons. The molecule has 1 amide bonds. The molecular formula is C36H58N2O9S. The lowest BCUT2D eigenvalue weighted by Gasteiger charge is -2.36. The van der Waals surface area contributed by atoms with E-state index >= 15 is 0 Å². The minimum Gasteiger partial charge on any atom is -0.458 e. The van der Waals surface area contributed by atoms with Crippen molar-refractivity contribution in [3.05, 3.63) is 21.7 Å². The molecule has 48 heavy (non-hydrogen) atoms. The highest BCUT2D eigenvalue weighted by molar-refractivity contribution is 7.09. The first-order valence-electron chi connectivity index (χ1n) is 17.4. The zero-order chi connectivity index (χ0) is 35.5. The third-order valence-electron chi connectivity index (χ3n) is 9.92. The number of carbonyl (C=O) groups is 3. The number of unbranched alkanes of at least 4 members (excludes halogenated alkanes) is 1. The van der Waals surface area contributed by atoms with Gasteiger partial charge in [-0.05, 0) is 64.0 Å². The third-order valence-corrected chi connectivity index (χ3v) is 10.7. The molecule has 1 aromatic rings. The van der Waals surface area contributed by atoms with Gasteiger partial charge in [-0.25, -0.2) is 4.98 Å². The summed E-state index contributed by atoms with van der Waals surface area (Å²) >= 11 is 1.55.